The molecule has 0 radical (unpaired) electrons. The van der Waals surface area contributed by atoms with Gasteiger partial charge in [0.15, 0.2) is 0 Å². The molecule has 1 unspecified atom stereocenters. The highest BCUT2D eigenvalue weighted by atomic mass is 32.1. The number of benzene rings is 1. The second-order valence-electron chi connectivity index (χ2n) is 8.29. The molecule has 2 aliphatic carbocycles. The highest BCUT2D eigenvalue weighted by Crippen LogP contribution is 2.44. The standard InChI is InChI=1S/C23H22N4O3S/c1-12-8-16-19(27(13-6-7-13)11-17(22(16)28)23(29)30-2)9-14(12)21-10-15-18(25-26-24)4-3-5-20(15)31-21/h8-11,13,18H,3-7H2,1-2H3. The Morgan fingerprint density at radius 3 is 2.81 bits per heavy atom. The van der Waals surface area contributed by atoms with E-state index < -0.39 is 5.97 Å². The fraction of sp³-hybridized carbons (Fsp3) is 0.391. The van der Waals surface area contributed by atoms with Gasteiger partial charge in [0.1, 0.15) is 5.56 Å². The Labute approximate surface area is 182 Å². The fourth-order valence-corrected chi connectivity index (χ4v) is 5.87. The molecule has 1 fully saturated rings. The van der Waals surface area contributed by atoms with Crippen LogP contribution in [-0.4, -0.2) is 17.6 Å². The van der Waals surface area contributed by atoms with E-state index >= 15 is 0 Å². The van der Waals surface area contributed by atoms with E-state index in [1.807, 2.05) is 13.0 Å². The lowest BCUT2D eigenvalue weighted by Gasteiger charge is -2.17. The summed E-state index contributed by atoms with van der Waals surface area (Å²) in [5, 5.41) is 4.54. The number of carbonyl (C=O) groups is 1. The van der Waals surface area contributed by atoms with Gasteiger partial charge in [-0.1, -0.05) is 5.11 Å². The minimum absolute atomic E-state index is 0.0813. The molecule has 0 aliphatic heterocycles. The minimum Gasteiger partial charge on any atom is -0.465 e. The lowest BCUT2D eigenvalue weighted by molar-refractivity contribution is 0.0598. The Hall–Kier alpha value is -3.09. The van der Waals surface area contributed by atoms with Crippen LogP contribution in [0.25, 0.3) is 31.8 Å². The van der Waals surface area contributed by atoms with E-state index in [1.165, 1.54) is 12.0 Å². The number of fused-ring (bicyclic) bond motifs is 2. The number of aromatic nitrogens is 1. The maximum atomic E-state index is 13.0. The van der Waals surface area contributed by atoms with Gasteiger partial charge < -0.3 is 9.30 Å². The van der Waals surface area contributed by atoms with Crippen molar-refractivity contribution >= 4 is 28.2 Å². The van der Waals surface area contributed by atoms with Gasteiger partial charge in [-0.15, -0.1) is 11.3 Å². The van der Waals surface area contributed by atoms with Gasteiger partial charge in [-0.05, 0) is 79.4 Å². The van der Waals surface area contributed by atoms with Gasteiger partial charge in [-0.25, -0.2) is 4.79 Å². The SMILES string of the molecule is COC(=O)c1cn(C2CC2)c2cc(-c3cc4c(s3)CCCC4N=[N+]=[N-])c(C)cc2c1=O. The normalized spacial score (nSPS) is 17.8. The minimum atomic E-state index is -0.599. The van der Waals surface area contributed by atoms with Crippen molar-refractivity contribution in [3.05, 3.63) is 66.6 Å². The molecule has 5 rings (SSSR count). The first-order valence-electron chi connectivity index (χ1n) is 10.5. The molecule has 0 spiro atoms. The van der Waals surface area contributed by atoms with E-state index in [9.17, 15) is 9.59 Å². The van der Waals surface area contributed by atoms with Crippen LogP contribution in [0.3, 0.4) is 0 Å². The van der Waals surface area contributed by atoms with E-state index in [4.69, 9.17) is 10.3 Å². The summed E-state index contributed by atoms with van der Waals surface area (Å²) in [6.45, 7) is 1.99. The summed E-state index contributed by atoms with van der Waals surface area (Å²) in [6.07, 6.45) is 6.61. The third-order valence-electron chi connectivity index (χ3n) is 6.26. The monoisotopic (exact) mass is 434 g/mol. The van der Waals surface area contributed by atoms with Crippen LogP contribution in [0.1, 0.15) is 64.1 Å². The van der Waals surface area contributed by atoms with Crippen molar-refractivity contribution in [1.82, 2.24) is 4.57 Å². The fourth-order valence-electron chi connectivity index (χ4n) is 4.53. The first-order valence-corrected chi connectivity index (χ1v) is 11.3. The van der Waals surface area contributed by atoms with Crippen LogP contribution in [0.15, 0.2) is 34.3 Å². The average molecular weight is 435 g/mol. The van der Waals surface area contributed by atoms with Gasteiger partial charge in [0, 0.05) is 32.3 Å². The summed E-state index contributed by atoms with van der Waals surface area (Å²) in [4.78, 5) is 30.6. The molecule has 8 heteroatoms. The number of hydrogen-bond acceptors (Lipinski definition) is 5. The molecule has 158 valence electrons. The summed E-state index contributed by atoms with van der Waals surface area (Å²) in [5.74, 6) is -0.599. The third-order valence-corrected chi connectivity index (χ3v) is 7.51. The van der Waals surface area contributed by atoms with Crippen LogP contribution in [-0.2, 0) is 11.2 Å². The number of methoxy groups -OCH3 is 1. The molecule has 3 aromatic rings. The first kappa shape index (κ1) is 19.8. The van der Waals surface area contributed by atoms with Crippen molar-refractivity contribution in [2.45, 2.75) is 51.1 Å². The van der Waals surface area contributed by atoms with Gasteiger partial charge in [-0.3, -0.25) is 4.79 Å². The van der Waals surface area contributed by atoms with Crippen LogP contribution < -0.4 is 5.43 Å². The highest BCUT2D eigenvalue weighted by molar-refractivity contribution is 7.15. The number of nitrogens with zero attached hydrogens (tertiary/aromatic N) is 4. The van der Waals surface area contributed by atoms with E-state index in [2.05, 4.69) is 26.7 Å². The predicted molar refractivity (Wildman–Crippen MR) is 121 cm³/mol. The number of pyridine rings is 1. The van der Waals surface area contributed by atoms with Crippen molar-refractivity contribution in [2.75, 3.05) is 7.11 Å². The molecule has 1 atom stereocenters. The second-order valence-corrected chi connectivity index (χ2v) is 9.43. The van der Waals surface area contributed by atoms with Crippen molar-refractivity contribution in [2.24, 2.45) is 5.11 Å². The van der Waals surface area contributed by atoms with Crippen LogP contribution in [0.4, 0.5) is 0 Å². The maximum absolute atomic E-state index is 13.0. The van der Waals surface area contributed by atoms with Crippen molar-refractivity contribution in [3.8, 4) is 10.4 Å². The summed E-state index contributed by atoms with van der Waals surface area (Å²) in [6, 6.07) is 6.31. The number of rotatable bonds is 4. The Morgan fingerprint density at radius 1 is 1.29 bits per heavy atom. The Morgan fingerprint density at radius 2 is 2.10 bits per heavy atom. The summed E-state index contributed by atoms with van der Waals surface area (Å²) >= 11 is 1.74. The molecule has 0 saturated heterocycles. The number of carbonyl (C=O) groups excluding carboxylic acids is 1. The summed E-state index contributed by atoms with van der Waals surface area (Å²) < 4.78 is 6.89. The lowest BCUT2D eigenvalue weighted by atomic mass is 9.93. The van der Waals surface area contributed by atoms with Gasteiger partial charge >= 0.3 is 5.97 Å². The van der Waals surface area contributed by atoms with E-state index in [0.717, 1.165) is 59.2 Å². The molecular weight excluding hydrogens is 412 g/mol. The van der Waals surface area contributed by atoms with Gasteiger partial charge in [0.05, 0.1) is 18.7 Å². The topological polar surface area (TPSA) is 97.1 Å². The van der Waals surface area contributed by atoms with Gasteiger partial charge in [0.25, 0.3) is 0 Å². The quantitative estimate of drug-likeness (QED) is 0.223. The number of esters is 1. The molecule has 2 aromatic heterocycles. The smallest absolute Gasteiger partial charge is 0.343 e. The molecule has 1 aromatic carbocycles. The molecule has 0 bridgehead atoms. The van der Waals surface area contributed by atoms with Crippen LogP contribution in [0, 0.1) is 6.92 Å². The zero-order valence-corrected chi connectivity index (χ0v) is 18.2. The van der Waals surface area contributed by atoms with Gasteiger partial charge in [0.2, 0.25) is 5.43 Å². The molecular formula is C23H22N4O3S. The third kappa shape index (κ3) is 3.32. The first-order chi connectivity index (χ1) is 15.0. The molecule has 31 heavy (non-hydrogen) atoms. The van der Waals surface area contributed by atoms with Crippen LogP contribution >= 0.6 is 11.3 Å². The highest BCUT2D eigenvalue weighted by Gasteiger charge is 2.28. The number of aryl methyl sites for hydroxylation is 2. The van der Waals surface area contributed by atoms with E-state index in [0.29, 0.717) is 11.4 Å². The van der Waals surface area contributed by atoms with Crippen molar-refractivity contribution in [3.63, 3.8) is 0 Å². The summed E-state index contributed by atoms with van der Waals surface area (Å²) in [7, 11) is 1.30. The number of thiophene rings is 1. The Kier molecular flexibility index (Phi) is 4.84. The molecule has 0 N–H and O–H groups in total. The molecule has 2 heterocycles. The molecule has 1 saturated carbocycles. The zero-order valence-electron chi connectivity index (χ0n) is 17.4. The number of ether oxygens (including phenoxy) is 1. The van der Waals surface area contributed by atoms with Crippen molar-refractivity contribution < 1.29 is 9.53 Å². The predicted octanol–water partition coefficient (Wildman–Crippen LogP) is 5.85. The van der Waals surface area contributed by atoms with Gasteiger partial charge in [-0.2, -0.15) is 0 Å². The number of azide groups is 1. The van der Waals surface area contributed by atoms with Crippen LogP contribution in [0.5, 0.6) is 0 Å². The zero-order chi connectivity index (χ0) is 21.7. The largest absolute Gasteiger partial charge is 0.465 e. The Bertz CT molecular complexity index is 1330. The number of hydrogen-bond donors (Lipinski definition) is 0. The maximum Gasteiger partial charge on any atom is 0.343 e. The lowest BCUT2D eigenvalue weighted by Crippen LogP contribution is -2.20. The molecule has 0 amide bonds. The molecule has 2 aliphatic rings. The van der Waals surface area contributed by atoms with Crippen molar-refractivity contribution in [1.29, 1.82) is 0 Å². The second kappa shape index (κ2) is 7.55. The Balaban J connectivity index is 1.71. The van der Waals surface area contributed by atoms with E-state index in [1.54, 1.807) is 17.5 Å². The average Bonchev–Trinajstić information content (AvgIpc) is 3.52. The molecule has 7 nitrogen and oxygen atoms in total. The summed E-state index contributed by atoms with van der Waals surface area (Å²) in [5.41, 5.74) is 12.7. The van der Waals surface area contributed by atoms with Crippen LogP contribution in [0.2, 0.25) is 0 Å². The van der Waals surface area contributed by atoms with E-state index in [-0.39, 0.29) is 17.0 Å².